The summed E-state index contributed by atoms with van der Waals surface area (Å²) in [5, 5.41) is 2.86. The Hall–Kier alpha value is -1.10. The van der Waals surface area contributed by atoms with Crippen LogP contribution in [0.1, 0.15) is 32.6 Å². The summed E-state index contributed by atoms with van der Waals surface area (Å²) >= 11 is 0. The largest absolute Gasteiger partial charge is 0.369 e. The van der Waals surface area contributed by atoms with E-state index < -0.39 is 6.04 Å². The molecule has 0 heterocycles. The molecular weight excluding hydrogens is 194 g/mol. The number of amides is 2. The van der Waals surface area contributed by atoms with Gasteiger partial charge >= 0.3 is 0 Å². The van der Waals surface area contributed by atoms with Crippen molar-refractivity contribution in [1.29, 1.82) is 0 Å². The third-order valence-corrected chi connectivity index (χ3v) is 2.89. The van der Waals surface area contributed by atoms with Gasteiger partial charge in [-0.05, 0) is 32.6 Å². The van der Waals surface area contributed by atoms with E-state index in [0.717, 1.165) is 25.7 Å². The molecule has 0 radical (unpaired) electrons. The molecule has 0 saturated heterocycles. The zero-order valence-corrected chi connectivity index (χ0v) is 9.03. The zero-order chi connectivity index (χ0) is 11.4. The van der Waals surface area contributed by atoms with Gasteiger partial charge in [-0.1, -0.05) is 0 Å². The maximum absolute atomic E-state index is 11.3. The van der Waals surface area contributed by atoms with Crippen LogP contribution in [-0.2, 0) is 9.59 Å². The van der Waals surface area contributed by atoms with Crippen molar-refractivity contribution in [1.82, 2.24) is 5.32 Å². The quantitative estimate of drug-likeness (QED) is 0.589. The van der Waals surface area contributed by atoms with Crippen LogP contribution in [0.2, 0.25) is 0 Å². The van der Waals surface area contributed by atoms with Gasteiger partial charge in [-0.25, -0.2) is 0 Å². The van der Waals surface area contributed by atoms with Crippen LogP contribution in [0.4, 0.5) is 0 Å². The lowest BCUT2D eigenvalue weighted by Gasteiger charge is -2.27. The highest BCUT2D eigenvalue weighted by molar-refractivity contribution is 5.81. The van der Waals surface area contributed by atoms with Gasteiger partial charge in [0.05, 0.1) is 6.04 Å². The maximum atomic E-state index is 11.3. The Morgan fingerprint density at radius 1 is 1.27 bits per heavy atom. The molecule has 1 aliphatic carbocycles. The molecule has 0 aromatic carbocycles. The molecule has 0 aromatic heterocycles. The minimum Gasteiger partial charge on any atom is -0.369 e. The first kappa shape index (κ1) is 12.0. The fourth-order valence-electron chi connectivity index (χ4n) is 1.85. The highest BCUT2D eigenvalue weighted by Crippen LogP contribution is 2.23. The van der Waals surface area contributed by atoms with Gasteiger partial charge in [0.15, 0.2) is 0 Å². The lowest BCUT2D eigenvalue weighted by atomic mass is 9.85. The van der Waals surface area contributed by atoms with E-state index in [1.807, 2.05) is 0 Å². The van der Waals surface area contributed by atoms with E-state index in [9.17, 15) is 9.59 Å². The lowest BCUT2D eigenvalue weighted by molar-refractivity contribution is -0.123. The summed E-state index contributed by atoms with van der Waals surface area (Å²) in [7, 11) is 0. The zero-order valence-electron chi connectivity index (χ0n) is 9.03. The van der Waals surface area contributed by atoms with Gasteiger partial charge in [-0.3, -0.25) is 9.59 Å². The lowest BCUT2D eigenvalue weighted by Crippen LogP contribution is -2.45. The molecule has 0 unspecified atom stereocenters. The summed E-state index contributed by atoms with van der Waals surface area (Å²) in [5.74, 6) is -0.377. The topological polar surface area (TPSA) is 98.2 Å². The summed E-state index contributed by atoms with van der Waals surface area (Å²) in [4.78, 5) is 22.2. The summed E-state index contributed by atoms with van der Waals surface area (Å²) in [6.07, 6.45) is 3.15. The van der Waals surface area contributed by atoms with Gasteiger partial charge in [-0.15, -0.1) is 0 Å². The molecule has 15 heavy (non-hydrogen) atoms. The first-order valence-electron chi connectivity index (χ1n) is 5.36. The molecule has 1 rings (SSSR count). The maximum Gasteiger partial charge on any atom is 0.236 e. The van der Waals surface area contributed by atoms with E-state index in [1.165, 1.54) is 0 Å². The standard InChI is InChI=1S/C10H19N3O2/c1-6(11)10(15)13-8-4-2-7(3-5-8)9(12)14/h6-8H,2-5,11H2,1H3,(H2,12,14)(H,13,15)/t6-,7?,8?/m1/s1. The van der Waals surface area contributed by atoms with E-state index in [1.54, 1.807) is 6.92 Å². The fraction of sp³-hybridized carbons (Fsp3) is 0.800. The monoisotopic (exact) mass is 213 g/mol. The van der Waals surface area contributed by atoms with E-state index in [0.29, 0.717) is 0 Å². The molecule has 5 N–H and O–H groups in total. The van der Waals surface area contributed by atoms with Crippen molar-refractivity contribution in [3.05, 3.63) is 0 Å². The summed E-state index contributed by atoms with van der Waals surface area (Å²) in [5.41, 5.74) is 10.7. The van der Waals surface area contributed by atoms with Gasteiger partial charge < -0.3 is 16.8 Å². The van der Waals surface area contributed by atoms with E-state index in [-0.39, 0.29) is 23.8 Å². The van der Waals surface area contributed by atoms with Crippen LogP contribution < -0.4 is 16.8 Å². The molecule has 1 aliphatic rings. The summed E-state index contributed by atoms with van der Waals surface area (Å²) in [6, 6.07) is -0.321. The molecule has 2 amide bonds. The molecular formula is C10H19N3O2. The molecule has 1 saturated carbocycles. The second-order valence-electron chi connectivity index (χ2n) is 4.25. The summed E-state index contributed by atoms with van der Waals surface area (Å²) in [6.45, 7) is 1.66. The normalized spacial score (nSPS) is 28.1. The van der Waals surface area contributed by atoms with Crippen LogP contribution in [0.15, 0.2) is 0 Å². The minimum absolute atomic E-state index is 0.0200. The third kappa shape index (κ3) is 3.51. The van der Waals surface area contributed by atoms with Crippen LogP contribution >= 0.6 is 0 Å². The molecule has 1 fully saturated rings. The van der Waals surface area contributed by atoms with Crippen LogP contribution in [0.3, 0.4) is 0 Å². The van der Waals surface area contributed by atoms with Crippen molar-refractivity contribution in [3.8, 4) is 0 Å². The SMILES string of the molecule is C[C@@H](N)C(=O)NC1CCC(C(N)=O)CC1. The Labute approximate surface area is 89.6 Å². The van der Waals surface area contributed by atoms with Gasteiger partial charge in [0.2, 0.25) is 11.8 Å². The van der Waals surface area contributed by atoms with Crippen molar-refractivity contribution < 1.29 is 9.59 Å². The number of hydrogen-bond donors (Lipinski definition) is 3. The van der Waals surface area contributed by atoms with E-state index in [4.69, 9.17) is 11.5 Å². The Bertz CT molecular complexity index is 245. The van der Waals surface area contributed by atoms with Crippen molar-refractivity contribution in [2.24, 2.45) is 17.4 Å². The highest BCUT2D eigenvalue weighted by Gasteiger charge is 2.25. The van der Waals surface area contributed by atoms with E-state index in [2.05, 4.69) is 5.32 Å². The Balaban J connectivity index is 2.32. The Kier molecular flexibility index (Phi) is 4.08. The number of carbonyl (C=O) groups excluding carboxylic acids is 2. The highest BCUT2D eigenvalue weighted by atomic mass is 16.2. The average molecular weight is 213 g/mol. The molecule has 0 aromatic rings. The van der Waals surface area contributed by atoms with Crippen LogP contribution in [-0.4, -0.2) is 23.9 Å². The van der Waals surface area contributed by atoms with Crippen LogP contribution in [0.25, 0.3) is 0 Å². The predicted molar refractivity (Wildman–Crippen MR) is 56.7 cm³/mol. The first-order chi connectivity index (χ1) is 7.00. The first-order valence-corrected chi connectivity index (χ1v) is 5.36. The van der Waals surface area contributed by atoms with Crippen LogP contribution in [0, 0.1) is 5.92 Å². The molecule has 0 bridgehead atoms. The number of primary amides is 1. The molecule has 0 spiro atoms. The van der Waals surface area contributed by atoms with Crippen LogP contribution in [0.5, 0.6) is 0 Å². The number of hydrogen-bond acceptors (Lipinski definition) is 3. The molecule has 5 heteroatoms. The molecule has 5 nitrogen and oxygen atoms in total. The van der Waals surface area contributed by atoms with Crippen molar-refractivity contribution in [3.63, 3.8) is 0 Å². The number of nitrogens with one attached hydrogen (secondary N) is 1. The molecule has 1 atom stereocenters. The predicted octanol–water partition coefficient (Wildman–Crippen LogP) is -0.506. The smallest absolute Gasteiger partial charge is 0.236 e. The number of nitrogens with two attached hydrogens (primary N) is 2. The average Bonchev–Trinajstić information content (AvgIpc) is 2.18. The second-order valence-corrected chi connectivity index (χ2v) is 4.25. The second kappa shape index (κ2) is 5.11. The van der Waals surface area contributed by atoms with Crippen molar-refractivity contribution >= 4 is 11.8 Å². The minimum atomic E-state index is -0.473. The van der Waals surface area contributed by atoms with Crippen molar-refractivity contribution in [2.45, 2.75) is 44.7 Å². The Morgan fingerprint density at radius 2 is 1.80 bits per heavy atom. The molecule has 86 valence electrons. The van der Waals surface area contributed by atoms with Gasteiger partial charge in [0.1, 0.15) is 0 Å². The third-order valence-electron chi connectivity index (χ3n) is 2.89. The van der Waals surface area contributed by atoms with Gasteiger partial charge in [-0.2, -0.15) is 0 Å². The van der Waals surface area contributed by atoms with Crippen molar-refractivity contribution in [2.75, 3.05) is 0 Å². The van der Waals surface area contributed by atoms with Gasteiger partial charge in [0, 0.05) is 12.0 Å². The molecule has 0 aliphatic heterocycles. The van der Waals surface area contributed by atoms with Gasteiger partial charge in [0.25, 0.3) is 0 Å². The fourth-order valence-corrected chi connectivity index (χ4v) is 1.85. The number of rotatable bonds is 3. The van der Waals surface area contributed by atoms with E-state index >= 15 is 0 Å². The Morgan fingerprint density at radius 3 is 2.20 bits per heavy atom. The summed E-state index contributed by atoms with van der Waals surface area (Å²) < 4.78 is 0. The number of carbonyl (C=O) groups is 2.